The molecule has 5 heteroatoms. The first kappa shape index (κ1) is 21.5. The second kappa shape index (κ2) is 9.38. The van der Waals surface area contributed by atoms with Gasteiger partial charge in [0.1, 0.15) is 11.4 Å². The molecule has 0 aliphatic heterocycles. The quantitative estimate of drug-likeness (QED) is 0.578. The van der Waals surface area contributed by atoms with E-state index in [1.807, 2.05) is 69.3 Å². The normalized spacial score (nSPS) is 13.7. The largest absolute Gasteiger partial charge is 0.497 e. The van der Waals surface area contributed by atoms with Crippen molar-refractivity contribution < 1.29 is 14.3 Å². The molecule has 1 N–H and O–H groups in total. The zero-order valence-electron chi connectivity index (χ0n) is 16.6. The third kappa shape index (κ3) is 6.67. The van der Waals surface area contributed by atoms with Gasteiger partial charge in [-0.05, 0) is 57.0 Å². The minimum Gasteiger partial charge on any atom is -0.497 e. The molecule has 0 radical (unpaired) electrons. The van der Waals surface area contributed by atoms with Gasteiger partial charge in [-0.25, -0.2) is 0 Å². The van der Waals surface area contributed by atoms with Gasteiger partial charge in [-0.1, -0.05) is 46.3 Å². The summed E-state index contributed by atoms with van der Waals surface area (Å²) in [5.41, 5.74) is 1.65. The average Bonchev–Trinajstić information content (AvgIpc) is 2.60. The Hall–Kier alpha value is -1.85. The fraction of sp³-hybridized carbons (Fsp3) is 0.409. The molecule has 0 saturated carbocycles. The summed E-state index contributed by atoms with van der Waals surface area (Å²) < 4.78 is 11.7. The number of esters is 1. The van der Waals surface area contributed by atoms with Crippen LogP contribution in [0.5, 0.6) is 5.75 Å². The lowest BCUT2D eigenvalue weighted by Crippen LogP contribution is -2.30. The molecule has 146 valence electrons. The number of carbonyl (C=O) groups excluding carboxylic acids is 1. The zero-order valence-corrected chi connectivity index (χ0v) is 18.2. The van der Waals surface area contributed by atoms with E-state index in [9.17, 15) is 4.79 Å². The maximum absolute atomic E-state index is 12.5. The maximum Gasteiger partial charge on any atom is 0.308 e. The number of nitrogens with one attached hydrogen (secondary N) is 1. The Kier molecular flexibility index (Phi) is 7.45. The third-order valence-corrected chi connectivity index (χ3v) is 4.86. The Labute approximate surface area is 170 Å². The molecule has 0 unspecified atom stereocenters. The van der Waals surface area contributed by atoms with Gasteiger partial charge in [-0.3, -0.25) is 4.79 Å². The van der Waals surface area contributed by atoms with Crippen LogP contribution in [-0.2, 0) is 9.53 Å². The summed E-state index contributed by atoms with van der Waals surface area (Å²) >= 11 is 3.60. The molecule has 0 heterocycles. The molecule has 2 aromatic carbocycles. The molecule has 4 nitrogen and oxygen atoms in total. The summed E-state index contributed by atoms with van der Waals surface area (Å²) in [6, 6.07) is 15.8. The molecule has 2 rings (SSSR count). The van der Waals surface area contributed by atoms with Gasteiger partial charge >= 0.3 is 5.97 Å². The van der Waals surface area contributed by atoms with Crippen LogP contribution in [-0.4, -0.2) is 18.7 Å². The number of hydrogen-bond donors (Lipinski definition) is 1. The summed E-state index contributed by atoms with van der Waals surface area (Å²) in [4.78, 5) is 12.5. The Morgan fingerprint density at radius 3 is 2.30 bits per heavy atom. The van der Waals surface area contributed by atoms with Crippen molar-refractivity contribution in [3.8, 4) is 5.75 Å². The van der Waals surface area contributed by atoms with Gasteiger partial charge in [0.25, 0.3) is 0 Å². The highest BCUT2D eigenvalue weighted by Crippen LogP contribution is 2.29. The molecule has 2 aromatic rings. The predicted octanol–water partition coefficient (Wildman–Crippen LogP) is 5.58. The smallest absolute Gasteiger partial charge is 0.308 e. The number of benzene rings is 2. The van der Waals surface area contributed by atoms with Gasteiger partial charge in [0, 0.05) is 16.6 Å². The van der Waals surface area contributed by atoms with E-state index in [0.29, 0.717) is 0 Å². The van der Waals surface area contributed by atoms with Crippen molar-refractivity contribution >= 4 is 21.9 Å². The van der Waals surface area contributed by atoms with E-state index in [-0.39, 0.29) is 24.5 Å². The van der Waals surface area contributed by atoms with Gasteiger partial charge in [-0.15, -0.1) is 0 Å². The highest BCUT2D eigenvalue weighted by atomic mass is 79.9. The molecular formula is C22H28BrNO3. The van der Waals surface area contributed by atoms with E-state index < -0.39 is 5.60 Å². The van der Waals surface area contributed by atoms with Crippen LogP contribution in [0.25, 0.3) is 0 Å². The molecule has 0 saturated heterocycles. The second-order valence-corrected chi connectivity index (χ2v) is 8.38. The monoisotopic (exact) mass is 433 g/mol. The number of carbonyl (C=O) groups is 1. The van der Waals surface area contributed by atoms with E-state index in [4.69, 9.17) is 9.47 Å². The van der Waals surface area contributed by atoms with Gasteiger partial charge in [0.05, 0.1) is 13.5 Å². The highest BCUT2D eigenvalue weighted by molar-refractivity contribution is 9.10. The number of hydrogen-bond acceptors (Lipinski definition) is 4. The number of halogens is 1. The van der Waals surface area contributed by atoms with Gasteiger partial charge in [0.15, 0.2) is 0 Å². The maximum atomic E-state index is 12.5. The molecule has 2 atom stereocenters. The van der Waals surface area contributed by atoms with Crippen LogP contribution in [0.2, 0.25) is 0 Å². The molecule has 0 fully saturated rings. The molecule has 0 aliphatic carbocycles. The lowest BCUT2D eigenvalue weighted by atomic mass is 10.0. The van der Waals surface area contributed by atoms with Crippen LogP contribution in [0.3, 0.4) is 0 Å². The van der Waals surface area contributed by atoms with Gasteiger partial charge in [0.2, 0.25) is 0 Å². The summed E-state index contributed by atoms with van der Waals surface area (Å²) in [6.07, 6.45) is 0.250. The Bertz CT molecular complexity index is 753. The molecule has 0 bridgehead atoms. The van der Waals surface area contributed by atoms with Crippen molar-refractivity contribution in [1.29, 1.82) is 0 Å². The first-order valence-corrected chi connectivity index (χ1v) is 9.85. The van der Waals surface area contributed by atoms with Crippen LogP contribution in [0.4, 0.5) is 0 Å². The van der Waals surface area contributed by atoms with Crippen molar-refractivity contribution in [2.24, 2.45) is 0 Å². The van der Waals surface area contributed by atoms with E-state index in [1.54, 1.807) is 7.11 Å². The van der Waals surface area contributed by atoms with Crippen molar-refractivity contribution in [3.05, 3.63) is 64.1 Å². The molecule has 0 aromatic heterocycles. The van der Waals surface area contributed by atoms with Crippen LogP contribution in [0, 0.1) is 0 Å². The van der Waals surface area contributed by atoms with Gasteiger partial charge < -0.3 is 14.8 Å². The minimum absolute atomic E-state index is 0.0513. The van der Waals surface area contributed by atoms with Crippen LogP contribution in [0.1, 0.15) is 57.3 Å². The summed E-state index contributed by atoms with van der Waals surface area (Å²) in [6.45, 7) is 7.73. The second-order valence-electron chi connectivity index (χ2n) is 7.53. The summed E-state index contributed by atoms with van der Waals surface area (Å²) in [7, 11) is 1.65. The van der Waals surface area contributed by atoms with Gasteiger partial charge in [-0.2, -0.15) is 0 Å². The van der Waals surface area contributed by atoms with E-state index in [2.05, 4.69) is 28.2 Å². The molecular weight excluding hydrogens is 406 g/mol. The first-order chi connectivity index (χ1) is 12.7. The molecule has 0 amide bonds. The summed E-state index contributed by atoms with van der Waals surface area (Å²) in [5, 5.41) is 3.57. The Balaban J connectivity index is 2.20. The van der Waals surface area contributed by atoms with Crippen molar-refractivity contribution in [2.75, 3.05) is 7.11 Å². The van der Waals surface area contributed by atoms with E-state index in [1.165, 1.54) is 0 Å². The lowest BCUT2D eigenvalue weighted by Gasteiger charge is -2.26. The van der Waals surface area contributed by atoms with Crippen molar-refractivity contribution in [2.45, 2.75) is 51.8 Å². The Morgan fingerprint density at radius 1 is 1.11 bits per heavy atom. The molecule has 0 spiro atoms. The molecule has 27 heavy (non-hydrogen) atoms. The van der Waals surface area contributed by atoms with Crippen molar-refractivity contribution in [1.82, 2.24) is 5.32 Å². The number of rotatable bonds is 7. The fourth-order valence-electron chi connectivity index (χ4n) is 2.86. The van der Waals surface area contributed by atoms with Crippen LogP contribution in [0.15, 0.2) is 53.0 Å². The molecule has 0 aliphatic rings. The fourth-order valence-corrected chi connectivity index (χ4v) is 3.42. The van der Waals surface area contributed by atoms with Crippen molar-refractivity contribution in [3.63, 3.8) is 0 Å². The number of ether oxygens (including phenoxy) is 2. The van der Waals surface area contributed by atoms with Crippen LogP contribution < -0.4 is 10.1 Å². The third-order valence-electron chi connectivity index (χ3n) is 4.14. The average molecular weight is 434 g/mol. The lowest BCUT2D eigenvalue weighted by molar-refractivity contribution is -0.155. The minimum atomic E-state index is -0.503. The SMILES string of the molecule is COc1ccc([C@@H](C)N[C@@H](CC(=O)OC(C)(C)C)c2ccccc2Br)cc1. The Morgan fingerprint density at radius 2 is 1.74 bits per heavy atom. The predicted molar refractivity (Wildman–Crippen MR) is 112 cm³/mol. The zero-order chi connectivity index (χ0) is 20.0. The highest BCUT2D eigenvalue weighted by Gasteiger charge is 2.24. The topological polar surface area (TPSA) is 47.6 Å². The number of methoxy groups -OCH3 is 1. The van der Waals surface area contributed by atoms with E-state index in [0.717, 1.165) is 21.3 Å². The standard InChI is InChI=1S/C22H28BrNO3/c1-15(16-10-12-17(26-5)13-11-16)24-20(14-21(25)27-22(2,3)4)18-8-6-7-9-19(18)23/h6-13,15,20,24H,14H2,1-5H3/t15-,20+/m1/s1. The summed E-state index contributed by atoms with van der Waals surface area (Å²) in [5.74, 6) is 0.597. The first-order valence-electron chi connectivity index (χ1n) is 9.06. The van der Waals surface area contributed by atoms with Crippen LogP contribution >= 0.6 is 15.9 Å². The van der Waals surface area contributed by atoms with E-state index >= 15 is 0 Å².